The highest BCUT2D eigenvalue weighted by Gasteiger charge is 2.34. The molecule has 1 aliphatic carbocycles. The molecule has 6 nitrogen and oxygen atoms in total. The van der Waals surface area contributed by atoms with E-state index < -0.39 is 27.8 Å². The molecule has 1 aromatic carbocycles. The predicted octanol–water partition coefficient (Wildman–Crippen LogP) is 1.17. The van der Waals surface area contributed by atoms with Crippen LogP contribution in [-0.2, 0) is 14.8 Å². The maximum atomic E-state index is 12.9. The van der Waals surface area contributed by atoms with Crippen LogP contribution >= 0.6 is 0 Å². The van der Waals surface area contributed by atoms with Gasteiger partial charge in [0, 0.05) is 0 Å². The molecule has 3 N–H and O–H groups in total. The fraction of sp³-hybridized carbons (Fsp3) is 0.462. The molecule has 0 bridgehead atoms. The van der Waals surface area contributed by atoms with Crippen LogP contribution in [0, 0.1) is 11.7 Å². The molecule has 116 valence electrons. The molecule has 1 saturated carbocycles. The number of rotatable bonds is 5. The molecule has 1 aromatic rings. The van der Waals surface area contributed by atoms with E-state index in [2.05, 4.69) is 4.72 Å². The van der Waals surface area contributed by atoms with E-state index in [9.17, 15) is 17.6 Å². The van der Waals surface area contributed by atoms with Gasteiger partial charge in [-0.05, 0) is 43.0 Å². The van der Waals surface area contributed by atoms with Crippen LogP contribution in [0.15, 0.2) is 29.2 Å². The minimum absolute atomic E-state index is 0.127. The van der Waals surface area contributed by atoms with E-state index in [4.69, 9.17) is 5.21 Å². The van der Waals surface area contributed by atoms with Gasteiger partial charge in [-0.3, -0.25) is 10.0 Å². The Labute approximate surface area is 122 Å². The summed E-state index contributed by atoms with van der Waals surface area (Å²) >= 11 is 0. The second kappa shape index (κ2) is 6.50. The molecule has 8 heteroatoms. The van der Waals surface area contributed by atoms with Crippen molar-refractivity contribution in [2.45, 2.75) is 36.6 Å². The van der Waals surface area contributed by atoms with Crippen molar-refractivity contribution in [1.82, 2.24) is 10.2 Å². The highest BCUT2D eigenvalue weighted by molar-refractivity contribution is 7.89. The smallest absolute Gasteiger partial charge is 0.261 e. The first kappa shape index (κ1) is 15.9. The van der Waals surface area contributed by atoms with E-state index in [0.29, 0.717) is 12.8 Å². The molecule has 0 aliphatic heterocycles. The number of halogens is 1. The van der Waals surface area contributed by atoms with Crippen molar-refractivity contribution in [2.24, 2.45) is 5.92 Å². The molecule has 0 aromatic heterocycles. The fourth-order valence-corrected chi connectivity index (χ4v) is 3.84. The lowest BCUT2D eigenvalue weighted by Gasteiger charge is -2.22. The van der Waals surface area contributed by atoms with Gasteiger partial charge in [-0.25, -0.2) is 18.3 Å². The summed E-state index contributed by atoms with van der Waals surface area (Å²) in [6.45, 7) is 0. The lowest BCUT2D eigenvalue weighted by molar-refractivity contribution is -0.132. The Morgan fingerprint density at radius 1 is 1.24 bits per heavy atom. The molecule has 2 rings (SSSR count). The summed E-state index contributed by atoms with van der Waals surface area (Å²) < 4.78 is 39.6. The first-order valence-corrected chi connectivity index (χ1v) is 8.14. The Kier molecular flexibility index (Phi) is 4.92. The zero-order valence-corrected chi connectivity index (χ0v) is 12.1. The van der Waals surface area contributed by atoms with E-state index in [0.717, 1.165) is 37.1 Å². The SMILES string of the molecule is O=C(NO)C(NS(=O)(=O)c1ccc(F)cc1)C1CCCC1. The first-order valence-electron chi connectivity index (χ1n) is 6.66. The maximum absolute atomic E-state index is 12.9. The van der Waals surface area contributed by atoms with Gasteiger partial charge in [-0.15, -0.1) is 0 Å². The van der Waals surface area contributed by atoms with Crippen molar-refractivity contribution in [3.63, 3.8) is 0 Å². The quantitative estimate of drug-likeness (QED) is 0.561. The summed E-state index contributed by atoms with van der Waals surface area (Å²) in [6, 6.07) is 3.28. The van der Waals surface area contributed by atoms with Gasteiger partial charge in [-0.2, -0.15) is 4.72 Å². The summed E-state index contributed by atoms with van der Waals surface area (Å²) in [6.07, 6.45) is 3.25. The van der Waals surface area contributed by atoms with Crippen LogP contribution in [0.2, 0.25) is 0 Å². The van der Waals surface area contributed by atoms with Gasteiger partial charge in [0.2, 0.25) is 10.0 Å². The third kappa shape index (κ3) is 3.78. The van der Waals surface area contributed by atoms with Crippen molar-refractivity contribution in [1.29, 1.82) is 0 Å². The molecular formula is C13H17FN2O4S. The van der Waals surface area contributed by atoms with Crippen LogP contribution in [0.3, 0.4) is 0 Å². The standard InChI is InChI=1S/C13H17FN2O4S/c14-10-5-7-11(8-6-10)21(19,20)16-12(13(17)15-18)9-3-1-2-4-9/h5-9,12,16,18H,1-4H2,(H,15,17). The minimum Gasteiger partial charge on any atom is -0.289 e. The van der Waals surface area contributed by atoms with Gasteiger partial charge in [0.15, 0.2) is 0 Å². The van der Waals surface area contributed by atoms with Gasteiger partial charge < -0.3 is 0 Å². The summed E-state index contributed by atoms with van der Waals surface area (Å²) in [5.41, 5.74) is 1.50. The highest BCUT2D eigenvalue weighted by atomic mass is 32.2. The van der Waals surface area contributed by atoms with Crippen molar-refractivity contribution >= 4 is 15.9 Å². The molecule has 0 saturated heterocycles. The maximum Gasteiger partial charge on any atom is 0.261 e. The van der Waals surface area contributed by atoms with E-state index in [1.54, 1.807) is 0 Å². The van der Waals surface area contributed by atoms with Gasteiger partial charge in [0.1, 0.15) is 11.9 Å². The number of amides is 1. The minimum atomic E-state index is -3.96. The van der Waals surface area contributed by atoms with Gasteiger partial charge in [-0.1, -0.05) is 12.8 Å². The topological polar surface area (TPSA) is 95.5 Å². The Hall–Kier alpha value is -1.51. The number of benzene rings is 1. The normalized spacial score (nSPS) is 17.6. The second-order valence-corrected chi connectivity index (χ2v) is 6.79. The number of hydroxylamine groups is 1. The van der Waals surface area contributed by atoms with E-state index in [1.165, 1.54) is 5.48 Å². The van der Waals surface area contributed by atoms with Gasteiger partial charge in [0.25, 0.3) is 5.91 Å². The predicted molar refractivity (Wildman–Crippen MR) is 72.4 cm³/mol. The summed E-state index contributed by atoms with van der Waals surface area (Å²) in [5, 5.41) is 8.79. The number of nitrogens with one attached hydrogen (secondary N) is 2. The van der Waals surface area contributed by atoms with Crippen LogP contribution < -0.4 is 10.2 Å². The van der Waals surface area contributed by atoms with Gasteiger partial charge in [0.05, 0.1) is 4.90 Å². The number of carbonyl (C=O) groups excluding carboxylic acids is 1. The van der Waals surface area contributed by atoms with Crippen molar-refractivity contribution in [3.8, 4) is 0 Å². The molecule has 0 spiro atoms. The van der Waals surface area contributed by atoms with E-state index in [-0.39, 0.29) is 10.8 Å². The third-order valence-electron chi connectivity index (χ3n) is 3.67. The van der Waals surface area contributed by atoms with Crippen molar-refractivity contribution < 1.29 is 22.8 Å². The molecule has 21 heavy (non-hydrogen) atoms. The van der Waals surface area contributed by atoms with Crippen LogP contribution in [0.5, 0.6) is 0 Å². The molecule has 1 unspecified atom stereocenters. The summed E-state index contributed by atoms with van der Waals surface area (Å²) in [4.78, 5) is 11.6. The number of hydrogen-bond acceptors (Lipinski definition) is 4. The van der Waals surface area contributed by atoms with Crippen LogP contribution in [0.25, 0.3) is 0 Å². The lowest BCUT2D eigenvalue weighted by Crippen LogP contribution is -2.49. The number of sulfonamides is 1. The molecule has 1 aliphatic rings. The monoisotopic (exact) mass is 316 g/mol. The van der Waals surface area contributed by atoms with E-state index in [1.807, 2.05) is 0 Å². The molecule has 1 amide bonds. The summed E-state index contributed by atoms with van der Waals surface area (Å²) in [7, 11) is -3.96. The number of hydrogen-bond donors (Lipinski definition) is 3. The summed E-state index contributed by atoms with van der Waals surface area (Å²) in [5.74, 6) is -1.49. The van der Waals surface area contributed by atoms with Crippen molar-refractivity contribution in [3.05, 3.63) is 30.1 Å². The largest absolute Gasteiger partial charge is 0.289 e. The van der Waals surface area contributed by atoms with Crippen LogP contribution in [-0.4, -0.2) is 25.6 Å². The zero-order valence-electron chi connectivity index (χ0n) is 11.3. The molecule has 0 heterocycles. The third-order valence-corrected chi connectivity index (χ3v) is 5.13. The van der Waals surface area contributed by atoms with Crippen LogP contribution in [0.1, 0.15) is 25.7 Å². The Balaban J connectivity index is 2.22. The van der Waals surface area contributed by atoms with E-state index >= 15 is 0 Å². The Morgan fingerprint density at radius 2 is 1.81 bits per heavy atom. The molecule has 0 radical (unpaired) electrons. The Morgan fingerprint density at radius 3 is 2.33 bits per heavy atom. The number of carbonyl (C=O) groups is 1. The van der Waals surface area contributed by atoms with Gasteiger partial charge >= 0.3 is 0 Å². The van der Waals surface area contributed by atoms with Crippen LogP contribution in [0.4, 0.5) is 4.39 Å². The second-order valence-electron chi connectivity index (χ2n) is 5.07. The fourth-order valence-electron chi connectivity index (χ4n) is 2.57. The Bertz CT molecular complexity index is 597. The first-order chi connectivity index (χ1) is 9.94. The molecular weight excluding hydrogens is 299 g/mol. The average Bonchev–Trinajstić information content (AvgIpc) is 2.98. The molecule has 1 fully saturated rings. The lowest BCUT2D eigenvalue weighted by atomic mass is 9.99. The van der Waals surface area contributed by atoms with Crippen molar-refractivity contribution in [2.75, 3.05) is 0 Å². The average molecular weight is 316 g/mol. The zero-order chi connectivity index (χ0) is 15.5. The highest BCUT2D eigenvalue weighted by Crippen LogP contribution is 2.28. The molecule has 1 atom stereocenters.